The van der Waals surface area contributed by atoms with Crippen molar-refractivity contribution in [3.63, 3.8) is 0 Å². The van der Waals surface area contributed by atoms with Crippen molar-refractivity contribution in [3.05, 3.63) is 36.0 Å². The molecule has 1 saturated carbocycles. The Kier molecular flexibility index (Phi) is 8.38. The van der Waals surface area contributed by atoms with Crippen LogP contribution in [0.3, 0.4) is 0 Å². The number of hydrogen-bond donors (Lipinski definition) is 4. The minimum atomic E-state index is -0.921. The van der Waals surface area contributed by atoms with Crippen LogP contribution in [0.1, 0.15) is 57.4 Å². The number of Topliss-reactive ketones (excluding diaryl/α,β-unsaturated/α-hetero) is 1. The number of piperidine rings is 1. The van der Waals surface area contributed by atoms with Crippen LogP contribution in [0.25, 0.3) is 10.9 Å². The van der Waals surface area contributed by atoms with Gasteiger partial charge in [0.25, 0.3) is 5.91 Å². The van der Waals surface area contributed by atoms with Gasteiger partial charge in [0, 0.05) is 29.9 Å². The molecule has 1 aliphatic carbocycles. The summed E-state index contributed by atoms with van der Waals surface area (Å²) in [5.41, 5.74) is 1.04. The standard InChI is InChI=1S/C31H40ClN5O5/c1-16(2)11-23(36-28(40)22-12-17-7-5-6-8-20(17)34-22)30(42)37-15-19-25(31(19,3)4)26(37)29(41)35-21(24(38)14-32)13-18-9-10-33-27(18)39/h5-8,12,16,18-19,21,23,25-26,34H,9-11,13-15H2,1-4H3,(H,33,39)(H,35,41)(H,36,40)/t18-,19-,21-,23-,25-,26-/m0/s1. The van der Waals surface area contributed by atoms with Crippen molar-refractivity contribution in [2.24, 2.45) is 29.1 Å². The van der Waals surface area contributed by atoms with E-state index in [4.69, 9.17) is 11.6 Å². The summed E-state index contributed by atoms with van der Waals surface area (Å²) in [5, 5.41) is 9.44. The number of rotatable bonds is 11. The zero-order valence-corrected chi connectivity index (χ0v) is 25.3. The highest BCUT2D eigenvalue weighted by Crippen LogP contribution is 2.65. The summed E-state index contributed by atoms with van der Waals surface area (Å²) in [7, 11) is 0. The van der Waals surface area contributed by atoms with E-state index in [1.807, 2.05) is 38.1 Å². The molecule has 42 heavy (non-hydrogen) atoms. The Labute approximate surface area is 250 Å². The Morgan fingerprint density at radius 3 is 2.50 bits per heavy atom. The van der Waals surface area contributed by atoms with Crippen LogP contribution >= 0.6 is 11.6 Å². The molecule has 1 aromatic heterocycles. The minimum Gasteiger partial charge on any atom is -0.356 e. The highest BCUT2D eigenvalue weighted by atomic mass is 35.5. The molecule has 226 valence electrons. The number of aromatic amines is 1. The molecule has 6 atom stereocenters. The van der Waals surface area contributed by atoms with Crippen LogP contribution in [0.5, 0.6) is 0 Å². The van der Waals surface area contributed by atoms with Crippen LogP contribution in [-0.4, -0.2) is 76.4 Å². The molecular weight excluding hydrogens is 558 g/mol. The molecule has 0 radical (unpaired) electrons. The number of para-hydroxylation sites is 1. The highest BCUT2D eigenvalue weighted by molar-refractivity contribution is 6.28. The lowest BCUT2D eigenvalue weighted by Gasteiger charge is -2.34. The van der Waals surface area contributed by atoms with Gasteiger partial charge in [-0.3, -0.25) is 24.0 Å². The number of amides is 4. The zero-order valence-electron chi connectivity index (χ0n) is 24.5. The molecule has 0 unspecified atom stereocenters. The maximum Gasteiger partial charge on any atom is 0.268 e. The number of carbonyl (C=O) groups excluding carboxylic acids is 5. The van der Waals surface area contributed by atoms with Crippen LogP contribution in [0, 0.1) is 29.1 Å². The molecule has 3 fully saturated rings. The van der Waals surface area contributed by atoms with Gasteiger partial charge in [0.15, 0.2) is 5.78 Å². The molecule has 3 heterocycles. The van der Waals surface area contributed by atoms with E-state index in [2.05, 4.69) is 34.8 Å². The number of halogens is 1. The molecule has 1 aromatic carbocycles. The average molecular weight is 598 g/mol. The average Bonchev–Trinajstić information content (AvgIpc) is 3.46. The number of benzene rings is 1. The number of nitrogens with zero attached hydrogens (tertiary/aromatic N) is 1. The van der Waals surface area contributed by atoms with E-state index >= 15 is 0 Å². The summed E-state index contributed by atoms with van der Waals surface area (Å²) in [5.74, 6) is -2.15. The van der Waals surface area contributed by atoms with Crippen molar-refractivity contribution in [1.82, 2.24) is 25.8 Å². The van der Waals surface area contributed by atoms with E-state index in [-0.39, 0.29) is 59.0 Å². The predicted octanol–water partition coefficient (Wildman–Crippen LogP) is 2.61. The van der Waals surface area contributed by atoms with E-state index in [9.17, 15) is 24.0 Å². The van der Waals surface area contributed by atoms with Crippen LogP contribution < -0.4 is 16.0 Å². The largest absolute Gasteiger partial charge is 0.356 e. The maximum atomic E-state index is 14.1. The van der Waals surface area contributed by atoms with E-state index in [1.165, 1.54) is 0 Å². The summed E-state index contributed by atoms with van der Waals surface area (Å²) in [6.45, 7) is 9.04. The van der Waals surface area contributed by atoms with Gasteiger partial charge in [0.2, 0.25) is 17.7 Å². The second-order valence-corrected chi connectivity index (χ2v) is 13.3. The molecule has 5 rings (SSSR count). The van der Waals surface area contributed by atoms with Gasteiger partial charge in [-0.05, 0) is 54.6 Å². The summed E-state index contributed by atoms with van der Waals surface area (Å²) in [6.07, 6.45) is 1.15. The Bertz CT molecular complexity index is 1370. The number of nitrogens with one attached hydrogen (secondary N) is 4. The Hall–Kier alpha value is -3.40. The molecular formula is C31H40ClN5O5. The highest BCUT2D eigenvalue weighted by Gasteiger charge is 2.69. The summed E-state index contributed by atoms with van der Waals surface area (Å²) in [4.78, 5) is 70.9. The topological polar surface area (TPSA) is 140 Å². The number of carbonyl (C=O) groups is 5. The first kappa shape index (κ1) is 30.1. The van der Waals surface area contributed by atoms with Gasteiger partial charge in [-0.15, -0.1) is 11.6 Å². The van der Waals surface area contributed by atoms with Gasteiger partial charge in [0.1, 0.15) is 17.8 Å². The number of ketones is 1. The number of likely N-dealkylation sites (tertiary alicyclic amines) is 1. The lowest BCUT2D eigenvalue weighted by Crippen LogP contribution is -2.58. The fraction of sp³-hybridized carbons (Fsp3) is 0.581. The minimum absolute atomic E-state index is 0.0768. The SMILES string of the molecule is CC(C)C[C@H](NC(=O)c1cc2ccccc2[nH]1)C(=O)N1C[C@H]2[C@@H]([C@H]1C(=O)N[C@@H](C[C@@H]1CCNC1=O)C(=O)CCl)C2(C)C. The van der Waals surface area contributed by atoms with E-state index in [0.29, 0.717) is 31.6 Å². The number of alkyl halides is 1. The first-order chi connectivity index (χ1) is 19.9. The van der Waals surface area contributed by atoms with E-state index in [1.54, 1.807) is 11.0 Å². The maximum absolute atomic E-state index is 14.1. The first-order valence-corrected chi connectivity index (χ1v) is 15.3. The first-order valence-electron chi connectivity index (χ1n) is 14.8. The molecule has 0 bridgehead atoms. The smallest absolute Gasteiger partial charge is 0.268 e. The van der Waals surface area contributed by atoms with Gasteiger partial charge >= 0.3 is 0 Å². The van der Waals surface area contributed by atoms with Gasteiger partial charge in [0.05, 0.1) is 11.9 Å². The van der Waals surface area contributed by atoms with Crippen molar-refractivity contribution in [2.75, 3.05) is 19.0 Å². The lowest BCUT2D eigenvalue weighted by atomic mass is 9.94. The lowest BCUT2D eigenvalue weighted by molar-refractivity contribution is -0.142. The van der Waals surface area contributed by atoms with Crippen LogP contribution in [-0.2, 0) is 19.2 Å². The number of H-pyrrole nitrogens is 1. The molecule has 2 saturated heterocycles. The molecule has 3 aliphatic rings. The van der Waals surface area contributed by atoms with Gasteiger partial charge in [-0.25, -0.2) is 0 Å². The Morgan fingerprint density at radius 2 is 1.86 bits per heavy atom. The van der Waals surface area contributed by atoms with E-state index in [0.717, 1.165) is 10.9 Å². The third kappa shape index (κ3) is 5.78. The summed E-state index contributed by atoms with van der Waals surface area (Å²) < 4.78 is 0. The number of hydrogen-bond acceptors (Lipinski definition) is 5. The van der Waals surface area contributed by atoms with Crippen molar-refractivity contribution in [1.29, 1.82) is 0 Å². The van der Waals surface area contributed by atoms with Crippen molar-refractivity contribution in [2.45, 2.75) is 65.1 Å². The van der Waals surface area contributed by atoms with Crippen molar-refractivity contribution < 1.29 is 24.0 Å². The quantitative estimate of drug-likeness (QED) is 0.295. The fourth-order valence-electron chi connectivity index (χ4n) is 6.91. The van der Waals surface area contributed by atoms with Gasteiger partial charge < -0.3 is 25.8 Å². The van der Waals surface area contributed by atoms with Crippen LogP contribution in [0.15, 0.2) is 30.3 Å². The van der Waals surface area contributed by atoms with E-state index < -0.39 is 29.9 Å². The Balaban J connectivity index is 1.35. The summed E-state index contributed by atoms with van der Waals surface area (Å²) in [6, 6.07) is 6.77. The Morgan fingerprint density at radius 1 is 1.12 bits per heavy atom. The van der Waals surface area contributed by atoms with Crippen molar-refractivity contribution in [3.8, 4) is 0 Å². The predicted molar refractivity (Wildman–Crippen MR) is 159 cm³/mol. The molecule has 2 aliphatic heterocycles. The third-order valence-corrected chi connectivity index (χ3v) is 9.63. The molecule has 4 amide bonds. The van der Waals surface area contributed by atoms with Crippen LogP contribution in [0.2, 0.25) is 0 Å². The zero-order chi connectivity index (χ0) is 30.3. The third-order valence-electron chi connectivity index (χ3n) is 9.37. The molecule has 4 N–H and O–H groups in total. The fourth-order valence-corrected chi connectivity index (χ4v) is 7.10. The molecule has 0 spiro atoms. The second-order valence-electron chi connectivity index (χ2n) is 13.0. The molecule has 10 nitrogen and oxygen atoms in total. The van der Waals surface area contributed by atoms with Gasteiger partial charge in [-0.2, -0.15) is 0 Å². The normalized spacial score (nSPS) is 25.6. The van der Waals surface area contributed by atoms with Gasteiger partial charge in [-0.1, -0.05) is 45.9 Å². The summed E-state index contributed by atoms with van der Waals surface area (Å²) >= 11 is 5.88. The van der Waals surface area contributed by atoms with Crippen molar-refractivity contribution >= 4 is 51.9 Å². The number of aromatic nitrogens is 1. The molecule has 11 heteroatoms. The molecule has 2 aromatic rings. The number of fused-ring (bicyclic) bond motifs is 2. The second kappa shape index (κ2) is 11.7. The monoisotopic (exact) mass is 597 g/mol. The van der Waals surface area contributed by atoms with Crippen LogP contribution in [0.4, 0.5) is 0 Å².